The number of aromatic nitrogens is 1. The molecule has 1 aliphatic heterocycles. The molecule has 2 heterocycles. The fourth-order valence-electron chi connectivity index (χ4n) is 3.36. The van der Waals surface area contributed by atoms with E-state index in [1.165, 1.54) is 0 Å². The van der Waals surface area contributed by atoms with Gasteiger partial charge in [-0.15, -0.1) is 0 Å². The molecule has 3 rings (SSSR count). The van der Waals surface area contributed by atoms with E-state index in [0.717, 1.165) is 49.7 Å². The van der Waals surface area contributed by atoms with Crippen molar-refractivity contribution in [3.05, 3.63) is 53.9 Å². The molecule has 5 heteroatoms. The van der Waals surface area contributed by atoms with E-state index in [4.69, 9.17) is 0 Å². The molecule has 0 aliphatic carbocycles. The number of nitrogens with zero attached hydrogens (tertiary/aromatic N) is 3. The maximum absolute atomic E-state index is 12.7. The smallest absolute Gasteiger partial charge is 0.257 e. The molecule has 0 saturated carbocycles. The number of hydrogen-bond donors (Lipinski definition) is 1. The van der Waals surface area contributed by atoms with E-state index < -0.39 is 0 Å². The molecule has 0 spiro atoms. The van der Waals surface area contributed by atoms with Gasteiger partial charge in [0.1, 0.15) is 0 Å². The second-order valence-corrected chi connectivity index (χ2v) is 7.05. The Bertz CT molecular complexity index is 751. The average molecular weight is 352 g/mol. The molecule has 1 aromatic carbocycles. The Morgan fingerprint density at radius 3 is 2.58 bits per heavy atom. The van der Waals surface area contributed by atoms with E-state index in [2.05, 4.69) is 46.9 Å². The molecule has 1 aromatic heterocycles. The summed E-state index contributed by atoms with van der Waals surface area (Å²) in [7, 11) is 0. The van der Waals surface area contributed by atoms with Crippen molar-refractivity contribution in [1.82, 2.24) is 9.88 Å². The largest absolute Gasteiger partial charge is 0.368 e. The van der Waals surface area contributed by atoms with Gasteiger partial charge in [-0.05, 0) is 30.2 Å². The third kappa shape index (κ3) is 4.22. The SMILES string of the molecule is CCN1CCN(c2cncc(C(=O)Nc3ccccc3C(C)C)c2)CC1. The second kappa shape index (κ2) is 8.32. The summed E-state index contributed by atoms with van der Waals surface area (Å²) in [5.41, 5.74) is 3.62. The molecule has 1 aliphatic rings. The summed E-state index contributed by atoms with van der Waals surface area (Å²) in [5, 5.41) is 3.05. The van der Waals surface area contributed by atoms with Gasteiger partial charge in [0.25, 0.3) is 5.91 Å². The summed E-state index contributed by atoms with van der Waals surface area (Å²) in [4.78, 5) is 21.8. The lowest BCUT2D eigenvalue weighted by atomic mass is 10.0. The minimum atomic E-state index is -0.111. The van der Waals surface area contributed by atoms with Crippen LogP contribution in [0.2, 0.25) is 0 Å². The maximum Gasteiger partial charge on any atom is 0.257 e. The third-order valence-electron chi connectivity index (χ3n) is 5.00. The summed E-state index contributed by atoms with van der Waals surface area (Å²) in [6.45, 7) is 11.6. The molecule has 0 bridgehead atoms. The minimum Gasteiger partial charge on any atom is -0.368 e. The molecule has 0 unspecified atom stereocenters. The molecule has 0 atom stereocenters. The Morgan fingerprint density at radius 1 is 1.15 bits per heavy atom. The van der Waals surface area contributed by atoms with Gasteiger partial charge in [0.15, 0.2) is 0 Å². The Morgan fingerprint density at radius 2 is 1.88 bits per heavy atom. The van der Waals surface area contributed by atoms with Gasteiger partial charge in [-0.25, -0.2) is 0 Å². The van der Waals surface area contributed by atoms with Gasteiger partial charge in [0.2, 0.25) is 0 Å². The Hall–Kier alpha value is -2.40. The lowest BCUT2D eigenvalue weighted by Crippen LogP contribution is -2.46. The van der Waals surface area contributed by atoms with Crippen LogP contribution in [0, 0.1) is 0 Å². The van der Waals surface area contributed by atoms with Crippen LogP contribution in [-0.2, 0) is 0 Å². The van der Waals surface area contributed by atoms with Crippen molar-refractivity contribution in [1.29, 1.82) is 0 Å². The Kier molecular flexibility index (Phi) is 5.89. The van der Waals surface area contributed by atoms with Gasteiger partial charge in [0.05, 0.1) is 17.4 Å². The molecular weight excluding hydrogens is 324 g/mol. The minimum absolute atomic E-state index is 0.111. The molecule has 1 amide bonds. The first-order chi connectivity index (χ1) is 12.6. The van der Waals surface area contributed by atoms with Gasteiger partial charge >= 0.3 is 0 Å². The number of nitrogens with one attached hydrogen (secondary N) is 1. The quantitative estimate of drug-likeness (QED) is 0.893. The number of benzene rings is 1. The van der Waals surface area contributed by atoms with Gasteiger partial charge in [-0.1, -0.05) is 39.0 Å². The van der Waals surface area contributed by atoms with Gasteiger partial charge in [-0.2, -0.15) is 0 Å². The zero-order chi connectivity index (χ0) is 18.5. The zero-order valence-corrected chi connectivity index (χ0v) is 15.9. The molecule has 138 valence electrons. The number of piperazine rings is 1. The lowest BCUT2D eigenvalue weighted by Gasteiger charge is -2.35. The van der Waals surface area contributed by atoms with Crippen molar-refractivity contribution >= 4 is 17.3 Å². The Labute approximate surface area is 156 Å². The highest BCUT2D eigenvalue weighted by Crippen LogP contribution is 2.24. The molecular formula is C21H28N4O. The van der Waals surface area contributed by atoms with Gasteiger partial charge < -0.3 is 15.1 Å². The number of pyridine rings is 1. The summed E-state index contributed by atoms with van der Waals surface area (Å²) in [6.07, 6.45) is 3.49. The Balaban J connectivity index is 1.73. The van der Waals surface area contributed by atoms with Crippen LogP contribution in [0.15, 0.2) is 42.7 Å². The maximum atomic E-state index is 12.7. The molecule has 1 fully saturated rings. The highest BCUT2D eigenvalue weighted by atomic mass is 16.1. The number of hydrogen-bond acceptors (Lipinski definition) is 4. The first-order valence-corrected chi connectivity index (χ1v) is 9.41. The average Bonchev–Trinajstić information content (AvgIpc) is 2.68. The van der Waals surface area contributed by atoms with Crippen molar-refractivity contribution in [2.45, 2.75) is 26.7 Å². The third-order valence-corrected chi connectivity index (χ3v) is 5.00. The van der Waals surface area contributed by atoms with E-state index in [1.807, 2.05) is 30.5 Å². The predicted octanol–water partition coefficient (Wildman–Crippen LogP) is 3.60. The van der Waals surface area contributed by atoms with Crippen molar-refractivity contribution in [2.24, 2.45) is 0 Å². The fraction of sp³-hybridized carbons (Fsp3) is 0.429. The number of anilines is 2. The van der Waals surface area contributed by atoms with Gasteiger partial charge in [0, 0.05) is 38.1 Å². The van der Waals surface area contributed by atoms with E-state index in [-0.39, 0.29) is 5.91 Å². The van der Waals surface area contributed by atoms with E-state index in [0.29, 0.717) is 11.5 Å². The second-order valence-electron chi connectivity index (χ2n) is 7.05. The lowest BCUT2D eigenvalue weighted by molar-refractivity contribution is 0.102. The molecule has 5 nitrogen and oxygen atoms in total. The first kappa shape index (κ1) is 18.4. The van der Waals surface area contributed by atoms with Crippen molar-refractivity contribution in [2.75, 3.05) is 42.9 Å². The van der Waals surface area contributed by atoms with Crippen LogP contribution in [-0.4, -0.2) is 48.5 Å². The fourth-order valence-corrected chi connectivity index (χ4v) is 3.36. The van der Waals surface area contributed by atoms with Crippen LogP contribution in [0.5, 0.6) is 0 Å². The zero-order valence-electron chi connectivity index (χ0n) is 15.9. The summed E-state index contributed by atoms with van der Waals surface area (Å²) < 4.78 is 0. The van der Waals surface area contributed by atoms with Crippen LogP contribution in [0.25, 0.3) is 0 Å². The van der Waals surface area contributed by atoms with Crippen LogP contribution in [0.3, 0.4) is 0 Å². The van der Waals surface area contributed by atoms with Crippen LogP contribution in [0.1, 0.15) is 42.6 Å². The van der Waals surface area contributed by atoms with E-state index in [1.54, 1.807) is 6.20 Å². The predicted molar refractivity (Wildman–Crippen MR) is 107 cm³/mol. The molecule has 26 heavy (non-hydrogen) atoms. The van der Waals surface area contributed by atoms with Gasteiger partial charge in [-0.3, -0.25) is 9.78 Å². The monoisotopic (exact) mass is 352 g/mol. The highest BCUT2D eigenvalue weighted by molar-refractivity contribution is 6.05. The molecule has 1 saturated heterocycles. The summed E-state index contributed by atoms with van der Waals surface area (Å²) in [5.74, 6) is 0.241. The standard InChI is InChI=1S/C21H28N4O/c1-4-24-9-11-25(12-10-24)18-13-17(14-22-15-18)21(26)23-20-8-6-5-7-19(20)16(2)3/h5-8,13-16H,4,9-12H2,1-3H3,(H,23,26). The van der Waals surface area contributed by atoms with Crippen molar-refractivity contribution in [3.8, 4) is 0 Å². The van der Waals surface area contributed by atoms with E-state index in [9.17, 15) is 4.79 Å². The normalized spacial score (nSPS) is 15.3. The number of carbonyl (C=O) groups excluding carboxylic acids is 1. The van der Waals surface area contributed by atoms with Crippen LogP contribution >= 0.6 is 0 Å². The first-order valence-electron chi connectivity index (χ1n) is 9.41. The van der Waals surface area contributed by atoms with Crippen molar-refractivity contribution in [3.63, 3.8) is 0 Å². The topological polar surface area (TPSA) is 48.5 Å². The number of amides is 1. The van der Waals surface area contributed by atoms with Crippen LogP contribution < -0.4 is 10.2 Å². The van der Waals surface area contributed by atoms with E-state index >= 15 is 0 Å². The number of para-hydroxylation sites is 1. The summed E-state index contributed by atoms with van der Waals surface area (Å²) in [6, 6.07) is 9.91. The summed E-state index contributed by atoms with van der Waals surface area (Å²) >= 11 is 0. The van der Waals surface area contributed by atoms with Crippen LogP contribution in [0.4, 0.5) is 11.4 Å². The molecule has 1 N–H and O–H groups in total. The molecule has 2 aromatic rings. The van der Waals surface area contributed by atoms with Crippen molar-refractivity contribution < 1.29 is 4.79 Å². The number of carbonyl (C=O) groups is 1. The number of rotatable bonds is 5. The number of likely N-dealkylation sites (N-methyl/N-ethyl adjacent to an activating group) is 1. The highest BCUT2D eigenvalue weighted by Gasteiger charge is 2.18. The molecule has 0 radical (unpaired) electrons.